The molecule has 1 rings (SSSR count). The molecule has 3 N–H and O–H groups in total. The predicted octanol–water partition coefficient (Wildman–Crippen LogP) is -0.483. The number of nitrogens with two attached hydrogens (primary N) is 1. The minimum absolute atomic E-state index is 0.824. The highest BCUT2D eigenvalue weighted by Gasteiger charge is 2.34. The number of rotatable bonds is 3. The molecule has 0 aliphatic carbocycles. The first-order chi connectivity index (χ1) is 6.50. The number of likely N-dealkylation sites (tertiary alicyclic amines) is 1. The van der Waals surface area contributed by atoms with Gasteiger partial charge in [0.2, 0.25) is 0 Å². The van der Waals surface area contributed by atoms with E-state index in [4.69, 9.17) is 0 Å². The molecule has 1 fully saturated rings. The SMILES string of the molecule is CC(C)C[NH2+][C@H]1C[C@@H](C)[NH+](C)C[C@H]1C. The van der Waals surface area contributed by atoms with E-state index in [-0.39, 0.29) is 0 Å². The lowest BCUT2D eigenvalue weighted by molar-refractivity contribution is -0.923. The molecule has 0 aromatic rings. The van der Waals surface area contributed by atoms with Crippen molar-refractivity contribution in [2.45, 2.75) is 46.2 Å². The average Bonchev–Trinajstić information content (AvgIpc) is 2.09. The van der Waals surface area contributed by atoms with Gasteiger partial charge in [-0.3, -0.25) is 0 Å². The number of nitrogens with one attached hydrogen (secondary N) is 1. The minimum Gasteiger partial charge on any atom is -0.343 e. The second-order valence-electron chi connectivity index (χ2n) is 5.69. The zero-order chi connectivity index (χ0) is 10.7. The van der Waals surface area contributed by atoms with Gasteiger partial charge in [0.05, 0.1) is 44.6 Å². The van der Waals surface area contributed by atoms with E-state index in [2.05, 4.69) is 40.1 Å². The maximum Gasteiger partial charge on any atom is 0.0996 e. The Morgan fingerprint density at radius 2 is 2.00 bits per heavy atom. The van der Waals surface area contributed by atoms with Crippen molar-refractivity contribution in [1.29, 1.82) is 0 Å². The summed E-state index contributed by atoms with van der Waals surface area (Å²) in [4.78, 5) is 1.71. The van der Waals surface area contributed by atoms with E-state index in [1.807, 2.05) is 0 Å². The number of hydrogen-bond donors (Lipinski definition) is 2. The standard InChI is InChI=1S/C12H26N2/c1-9(2)7-13-12-6-11(4)14(5)8-10(12)3/h9-13H,6-8H2,1-5H3/p+2/t10-,11-,12+/m1/s1. The van der Waals surface area contributed by atoms with Crippen LogP contribution in [0.25, 0.3) is 0 Å². The number of piperidine rings is 1. The Bertz CT molecular complexity index is 168. The summed E-state index contributed by atoms with van der Waals surface area (Å²) in [5.74, 6) is 1.70. The van der Waals surface area contributed by atoms with Crippen molar-refractivity contribution in [2.24, 2.45) is 11.8 Å². The predicted molar refractivity (Wildman–Crippen MR) is 60.4 cm³/mol. The van der Waals surface area contributed by atoms with Gasteiger partial charge in [-0.05, 0) is 6.92 Å². The summed E-state index contributed by atoms with van der Waals surface area (Å²) < 4.78 is 0. The average molecular weight is 200 g/mol. The van der Waals surface area contributed by atoms with Gasteiger partial charge < -0.3 is 10.2 Å². The van der Waals surface area contributed by atoms with Crippen molar-refractivity contribution in [3.63, 3.8) is 0 Å². The molecule has 1 saturated heterocycles. The Kier molecular flexibility index (Phi) is 4.39. The second kappa shape index (κ2) is 5.13. The Morgan fingerprint density at radius 1 is 1.36 bits per heavy atom. The van der Waals surface area contributed by atoms with E-state index in [0.29, 0.717) is 0 Å². The van der Waals surface area contributed by atoms with Crippen LogP contribution in [-0.2, 0) is 0 Å². The maximum absolute atomic E-state index is 2.58. The lowest BCUT2D eigenvalue weighted by atomic mass is 9.89. The summed E-state index contributed by atoms with van der Waals surface area (Å²) >= 11 is 0. The van der Waals surface area contributed by atoms with Crippen molar-refractivity contribution < 1.29 is 10.2 Å². The normalized spacial score (nSPS) is 39.0. The highest BCUT2D eigenvalue weighted by molar-refractivity contribution is 4.70. The molecule has 4 atom stereocenters. The molecule has 1 aliphatic heterocycles. The molecule has 0 aromatic carbocycles. The third kappa shape index (κ3) is 3.25. The molecule has 14 heavy (non-hydrogen) atoms. The molecule has 0 radical (unpaired) electrons. The van der Waals surface area contributed by atoms with Gasteiger partial charge in [-0.25, -0.2) is 0 Å². The van der Waals surface area contributed by atoms with Crippen LogP contribution < -0.4 is 10.2 Å². The zero-order valence-electron chi connectivity index (χ0n) is 10.5. The van der Waals surface area contributed by atoms with Gasteiger partial charge in [-0.2, -0.15) is 0 Å². The topological polar surface area (TPSA) is 21.1 Å². The van der Waals surface area contributed by atoms with Crippen molar-refractivity contribution in [1.82, 2.24) is 0 Å². The Morgan fingerprint density at radius 3 is 2.57 bits per heavy atom. The van der Waals surface area contributed by atoms with Gasteiger partial charge in [-0.15, -0.1) is 0 Å². The fraction of sp³-hybridized carbons (Fsp3) is 1.00. The van der Waals surface area contributed by atoms with E-state index < -0.39 is 0 Å². The van der Waals surface area contributed by atoms with E-state index in [1.54, 1.807) is 4.90 Å². The third-order valence-electron chi connectivity index (χ3n) is 3.75. The number of hydrogen-bond acceptors (Lipinski definition) is 0. The fourth-order valence-electron chi connectivity index (χ4n) is 2.48. The molecular formula is C12H28N2+2. The molecule has 0 spiro atoms. The van der Waals surface area contributed by atoms with Gasteiger partial charge in [0.1, 0.15) is 0 Å². The summed E-state index contributed by atoms with van der Waals surface area (Å²) in [7, 11) is 2.33. The second-order valence-corrected chi connectivity index (χ2v) is 5.69. The van der Waals surface area contributed by atoms with Gasteiger partial charge in [0.25, 0.3) is 0 Å². The molecule has 2 nitrogen and oxygen atoms in total. The van der Waals surface area contributed by atoms with E-state index in [1.165, 1.54) is 19.5 Å². The smallest absolute Gasteiger partial charge is 0.0996 e. The fourth-order valence-corrected chi connectivity index (χ4v) is 2.48. The lowest BCUT2D eigenvalue weighted by Gasteiger charge is -2.35. The van der Waals surface area contributed by atoms with Crippen molar-refractivity contribution in [3.05, 3.63) is 0 Å². The first kappa shape index (κ1) is 12.0. The van der Waals surface area contributed by atoms with Gasteiger partial charge in [0, 0.05) is 5.92 Å². The summed E-state index contributed by atoms with van der Waals surface area (Å²) in [6.07, 6.45) is 1.39. The van der Waals surface area contributed by atoms with Crippen molar-refractivity contribution in [2.75, 3.05) is 20.1 Å². The van der Waals surface area contributed by atoms with Crippen molar-refractivity contribution in [3.8, 4) is 0 Å². The maximum atomic E-state index is 2.58. The van der Waals surface area contributed by atoms with E-state index in [9.17, 15) is 0 Å². The molecule has 0 saturated carbocycles. The minimum atomic E-state index is 0.824. The van der Waals surface area contributed by atoms with E-state index in [0.717, 1.165) is 23.9 Å². The van der Waals surface area contributed by atoms with E-state index >= 15 is 0 Å². The monoisotopic (exact) mass is 200 g/mol. The van der Waals surface area contributed by atoms with Crippen LogP contribution in [0.3, 0.4) is 0 Å². The number of quaternary nitrogens is 2. The van der Waals surface area contributed by atoms with Crippen LogP contribution in [0.5, 0.6) is 0 Å². The van der Waals surface area contributed by atoms with Crippen molar-refractivity contribution >= 4 is 0 Å². The van der Waals surface area contributed by atoms with Crippen LogP contribution in [0.4, 0.5) is 0 Å². The molecule has 1 heterocycles. The Hall–Kier alpha value is -0.0800. The molecule has 1 aliphatic rings. The van der Waals surface area contributed by atoms with Crippen LogP contribution in [-0.4, -0.2) is 32.2 Å². The van der Waals surface area contributed by atoms with Gasteiger partial charge in [-0.1, -0.05) is 20.8 Å². The summed E-state index contributed by atoms with van der Waals surface area (Å²) in [6, 6.07) is 1.72. The summed E-state index contributed by atoms with van der Waals surface area (Å²) in [5, 5.41) is 2.58. The highest BCUT2D eigenvalue weighted by atomic mass is 15.2. The zero-order valence-corrected chi connectivity index (χ0v) is 10.5. The van der Waals surface area contributed by atoms with Gasteiger partial charge >= 0.3 is 0 Å². The molecular weight excluding hydrogens is 172 g/mol. The van der Waals surface area contributed by atoms with Crippen LogP contribution in [0.15, 0.2) is 0 Å². The van der Waals surface area contributed by atoms with Crippen LogP contribution in [0, 0.1) is 11.8 Å². The first-order valence-corrected chi connectivity index (χ1v) is 6.16. The molecule has 0 bridgehead atoms. The summed E-state index contributed by atoms with van der Waals surface area (Å²) in [6.45, 7) is 12.1. The van der Waals surface area contributed by atoms with Crippen LogP contribution in [0.2, 0.25) is 0 Å². The quantitative estimate of drug-likeness (QED) is 0.614. The highest BCUT2D eigenvalue weighted by Crippen LogP contribution is 2.07. The summed E-state index contributed by atoms with van der Waals surface area (Å²) in [5.41, 5.74) is 0. The molecule has 2 heteroatoms. The van der Waals surface area contributed by atoms with Crippen LogP contribution in [0.1, 0.15) is 34.1 Å². The largest absolute Gasteiger partial charge is 0.343 e. The Labute approximate surface area is 89.1 Å². The Balaban J connectivity index is 2.37. The molecule has 84 valence electrons. The third-order valence-corrected chi connectivity index (χ3v) is 3.75. The first-order valence-electron chi connectivity index (χ1n) is 6.16. The molecule has 0 amide bonds. The lowest BCUT2D eigenvalue weighted by Crippen LogP contribution is -3.16. The van der Waals surface area contributed by atoms with Crippen LogP contribution >= 0.6 is 0 Å². The molecule has 0 aromatic heterocycles. The molecule has 1 unspecified atom stereocenters. The van der Waals surface area contributed by atoms with Gasteiger partial charge in [0.15, 0.2) is 0 Å².